The molecule has 0 aliphatic heterocycles. The fraction of sp³-hybridized carbons (Fsp3) is 0.733. The highest BCUT2D eigenvalue weighted by Gasteiger charge is 2.42. The summed E-state index contributed by atoms with van der Waals surface area (Å²) < 4.78 is 1.69. The SMILES string of the molecule is Cn1nccc1C1(O)CCC(N(C(=O)O)C(C)(C)C)CC1. The summed E-state index contributed by atoms with van der Waals surface area (Å²) in [4.78, 5) is 13.1. The van der Waals surface area contributed by atoms with Crippen LogP contribution in [0.5, 0.6) is 0 Å². The number of carboxylic acid groups (broad SMARTS) is 1. The van der Waals surface area contributed by atoms with Gasteiger partial charge in [0.25, 0.3) is 0 Å². The third kappa shape index (κ3) is 3.05. The molecule has 0 unspecified atom stereocenters. The zero-order valence-electron chi connectivity index (χ0n) is 13.2. The van der Waals surface area contributed by atoms with Gasteiger partial charge in [0.15, 0.2) is 0 Å². The van der Waals surface area contributed by atoms with Crippen molar-refractivity contribution in [3.05, 3.63) is 18.0 Å². The first kappa shape index (κ1) is 15.8. The molecular weight excluding hydrogens is 270 g/mol. The van der Waals surface area contributed by atoms with Gasteiger partial charge in [-0.2, -0.15) is 5.10 Å². The minimum atomic E-state index is -0.899. The predicted molar refractivity (Wildman–Crippen MR) is 79.0 cm³/mol. The first-order valence-electron chi connectivity index (χ1n) is 7.38. The number of aryl methyl sites for hydroxylation is 1. The molecule has 6 heteroatoms. The number of carbonyl (C=O) groups is 1. The quantitative estimate of drug-likeness (QED) is 0.877. The first-order valence-corrected chi connectivity index (χ1v) is 7.38. The lowest BCUT2D eigenvalue weighted by molar-refractivity contribution is -0.0398. The third-order valence-corrected chi connectivity index (χ3v) is 4.37. The molecule has 1 aliphatic carbocycles. The average Bonchev–Trinajstić information content (AvgIpc) is 2.77. The molecule has 1 fully saturated rings. The van der Waals surface area contributed by atoms with Crippen molar-refractivity contribution in [3.8, 4) is 0 Å². The van der Waals surface area contributed by atoms with Gasteiger partial charge in [0.1, 0.15) is 5.60 Å². The van der Waals surface area contributed by atoms with E-state index < -0.39 is 17.2 Å². The van der Waals surface area contributed by atoms with Crippen molar-refractivity contribution in [2.75, 3.05) is 0 Å². The number of amides is 1. The Balaban J connectivity index is 2.13. The van der Waals surface area contributed by atoms with Crippen LogP contribution in [0.15, 0.2) is 12.3 Å². The molecule has 0 atom stereocenters. The zero-order chi connectivity index (χ0) is 15.8. The molecule has 21 heavy (non-hydrogen) atoms. The molecule has 118 valence electrons. The monoisotopic (exact) mass is 295 g/mol. The molecule has 0 spiro atoms. The number of hydrogen-bond donors (Lipinski definition) is 2. The molecule has 0 radical (unpaired) electrons. The summed E-state index contributed by atoms with van der Waals surface area (Å²) >= 11 is 0. The molecule has 1 aromatic rings. The fourth-order valence-corrected chi connectivity index (χ4v) is 3.42. The number of hydrogen-bond acceptors (Lipinski definition) is 3. The van der Waals surface area contributed by atoms with Crippen molar-refractivity contribution in [3.63, 3.8) is 0 Å². The Bertz CT molecular complexity index is 510. The van der Waals surface area contributed by atoms with E-state index in [-0.39, 0.29) is 6.04 Å². The van der Waals surface area contributed by atoms with Crippen LogP contribution < -0.4 is 0 Å². The predicted octanol–water partition coefficient (Wildman–Crippen LogP) is 2.33. The maximum atomic E-state index is 11.5. The number of nitrogens with zero attached hydrogens (tertiary/aromatic N) is 3. The Morgan fingerprint density at radius 3 is 2.38 bits per heavy atom. The van der Waals surface area contributed by atoms with Gasteiger partial charge in [-0.05, 0) is 52.5 Å². The Labute approximate surface area is 125 Å². The van der Waals surface area contributed by atoms with Gasteiger partial charge in [-0.1, -0.05) is 0 Å². The molecular formula is C15H25N3O3. The van der Waals surface area contributed by atoms with Gasteiger partial charge >= 0.3 is 6.09 Å². The molecule has 1 saturated carbocycles. The molecule has 1 aliphatic rings. The summed E-state index contributed by atoms with van der Waals surface area (Å²) in [5.74, 6) is 0. The van der Waals surface area contributed by atoms with E-state index in [1.807, 2.05) is 33.9 Å². The minimum absolute atomic E-state index is 0.0454. The Morgan fingerprint density at radius 1 is 1.43 bits per heavy atom. The largest absolute Gasteiger partial charge is 0.465 e. The number of aromatic nitrogens is 2. The van der Waals surface area contributed by atoms with Crippen molar-refractivity contribution < 1.29 is 15.0 Å². The first-order chi connectivity index (χ1) is 9.65. The van der Waals surface area contributed by atoms with Crippen LogP contribution in [0.3, 0.4) is 0 Å². The van der Waals surface area contributed by atoms with Crippen molar-refractivity contribution in [1.29, 1.82) is 0 Å². The third-order valence-electron chi connectivity index (χ3n) is 4.37. The summed E-state index contributed by atoms with van der Waals surface area (Å²) in [5.41, 5.74) is -0.527. The Morgan fingerprint density at radius 2 is 2.00 bits per heavy atom. The summed E-state index contributed by atoms with van der Waals surface area (Å²) in [6, 6.07) is 1.79. The van der Waals surface area contributed by atoms with E-state index in [4.69, 9.17) is 0 Å². The molecule has 1 aromatic heterocycles. The molecule has 0 bridgehead atoms. The van der Waals surface area contributed by atoms with E-state index in [0.29, 0.717) is 25.7 Å². The fourth-order valence-electron chi connectivity index (χ4n) is 3.42. The van der Waals surface area contributed by atoms with Crippen molar-refractivity contribution in [2.24, 2.45) is 7.05 Å². The van der Waals surface area contributed by atoms with Crippen molar-refractivity contribution in [1.82, 2.24) is 14.7 Å². The molecule has 1 heterocycles. The topological polar surface area (TPSA) is 78.6 Å². The number of aliphatic hydroxyl groups is 1. The lowest BCUT2D eigenvalue weighted by atomic mass is 9.78. The van der Waals surface area contributed by atoms with E-state index in [1.165, 1.54) is 4.90 Å². The van der Waals surface area contributed by atoms with Crippen molar-refractivity contribution >= 4 is 6.09 Å². The van der Waals surface area contributed by atoms with E-state index in [9.17, 15) is 15.0 Å². The van der Waals surface area contributed by atoms with Crippen LogP contribution in [0.4, 0.5) is 4.79 Å². The molecule has 1 amide bonds. The smallest absolute Gasteiger partial charge is 0.407 e. The van der Waals surface area contributed by atoms with E-state index in [0.717, 1.165) is 5.69 Å². The molecule has 0 saturated heterocycles. The van der Waals surface area contributed by atoms with E-state index in [2.05, 4.69) is 5.10 Å². The second kappa shape index (κ2) is 5.33. The summed E-state index contributed by atoms with van der Waals surface area (Å²) in [5, 5.41) is 24.4. The van der Waals surface area contributed by atoms with E-state index in [1.54, 1.807) is 10.9 Å². The van der Waals surface area contributed by atoms with Gasteiger partial charge in [0.05, 0.1) is 5.69 Å². The maximum absolute atomic E-state index is 11.5. The molecule has 2 N–H and O–H groups in total. The highest BCUT2D eigenvalue weighted by Crippen LogP contribution is 2.39. The lowest BCUT2D eigenvalue weighted by Crippen LogP contribution is -2.53. The van der Waals surface area contributed by atoms with Gasteiger partial charge in [-0.25, -0.2) is 4.79 Å². The van der Waals surface area contributed by atoms with Gasteiger partial charge < -0.3 is 15.1 Å². The summed E-state index contributed by atoms with van der Waals surface area (Å²) in [7, 11) is 1.82. The second-order valence-corrected chi connectivity index (χ2v) is 6.93. The average molecular weight is 295 g/mol. The zero-order valence-corrected chi connectivity index (χ0v) is 13.2. The second-order valence-electron chi connectivity index (χ2n) is 6.93. The van der Waals surface area contributed by atoms with Gasteiger partial charge in [-0.3, -0.25) is 4.68 Å². The van der Waals surface area contributed by atoms with E-state index >= 15 is 0 Å². The van der Waals surface area contributed by atoms with Crippen LogP contribution in [-0.2, 0) is 12.6 Å². The highest BCUT2D eigenvalue weighted by molar-refractivity contribution is 5.66. The lowest BCUT2D eigenvalue weighted by Gasteiger charge is -2.44. The summed E-state index contributed by atoms with van der Waals surface area (Å²) in [6.07, 6.45) is 3.21. The van der Waals surface area contributed by atoms with Crippen LogP contribution in [0, 0.1) is 0 Å². The van der Waals surface area contributed by atoms with Crippen LogP contribution in [0.1, 0.15) is 52.1 Å². The van der Waals surface area contributed by atoms with Crippen LogP contribution in [-0.4, -0.2) is 42.6 Å². The van der Waals surface area contributed by atoms with Gasteiger partial charge in [-0.15, -0.1) is 0 Å². The molecule has 6 nitrogen and oxygen atoms in total. The Hall–Kier alpha value is -1.56. The molecule has 2 rings (SSSR count). The maximum Gasteiger partial charge on any atom is 0.407 e. The van der Waals surface area contributed by atoms with Gasteiger partial charge in [0.2, 0.25) is 0 Å². The van der Waals surface area contributed by atoms with Crippen LogP contribution in [0.25, 0.3) is 0 Å². The molecule has 0 aromatic carbocycles. The number of rotatable bonds is 2. The van der Waals surface area contributed by atoms with Gasteiger partial charge in [0, 0.05) is 24.8 Å². The van der Waals surface area contributed by atoms with Crippen molar-refractivity contribution in [2.45, 2.75) is 63.6 Å². The van der Waals surface area contributed by atoms with Crippen LogP contribution >= 0.6 is 0 Å². The standard InChI is InChI=1S/C15H25N3O3/c1-14(2,3)18(13(19)20)11-5-8-15(21,9-6-11)12-7-10-16-17(12)4/h7,10-11,21H,5-6,8-9H2,1-4H3,(H,19,20). The normalized spacial score (nSPS) is 26.6. The minimum Gasteiger partial charge on any atom is -0.465 e. The van der Waals surface area contributed by atoms with Crippen LogP contribution in [0.2, 0.25) is 0 Å². The Kier molecular flexibility index (Phi) is 4.02. The highest BCUT2D eigenvalue weighted by atomic mass is 16.4. The summed E-state index contributed by atoms with van der Waals surface area (Å²) in [6.45, 7) is 5.72.